The highest BCUT2D eigenvalue weighted by molar-refractivity contribution is 7.92. The molecule has 0 aliphatic heterocycles. The number of hydrogen-bond acceptors (Lipinski definition) is 8. The molecule has 0 bridgehead atoms. The summed E-state index contributed by atoms with van der Waals surface area (Å²) < 4.78 is 60.3. The molecular weight excluding hydrogens is 670 g/mol. The van der Waals surface area contributed by atoms with E-state index in [1.807, 2.05) is 39.0 Å². The molecule has 14 heteroatoms. The number of aryl methyl sites for hydroxylation is 1. The maximum absolute atomic E-state index is 14.4. The molecule has 2 aromatic rings. The van der Waals surface area contributed by atoms with E-state index < -0.39 is 81.7 Å². The number of aliphatic hydroxyl groups excluding tert-OH is 1. The first-order chi connectivity index (χ1) is 23.7. The number of sulfone groups is 1. The van der Waals surface area contributed by atoms with Gasteiger partial charge in [-0.3, -0.25) is 9.59 Å². The zero-order chi connectivity index (χ0) is 37.4. The van der Waals surface area contributed by atoms with Gasteiger partial charge in [-0.05, 0) is 68.4 Å². The molecule has 2 rings (SSSR count). The molecule has 0 spiro atoms. The summed E-state index contributed by atoms with van der Waals surface area (Å²) in [5, 5.41) is 12.8. The third-order valence-corrected chi connectivity index (χ3v) is 10.8. The summed E-state index contributed by atoms with van der Waals surface area (Å²) in [4.78, 5) is 42.5. The minimum absolute atomic E-state index is 0.0773. The van der Waals surface area contributed by atoms with Gasteiger partial charge in [0.05, 0.1) is 17.1 Å². The van der Waals surface area contributed by atoms with Crippen LogP contribution in [-0.4, -0.2) is 96.7 Å². The average Bonchev–Trinajstić information content (AvgIpc) is 3.06. The highest BCUT2D eigenvalue weighted by atomic mass is 32.2. The number of carbonyl (C=O) groups excluding carboxylic acids is 3. The summed E-state index contributed by atoms with van der Waals surface area (Å²) in [5.41, 5.74) is 8.11. The van der Waals surface area contributed by atoms with Gasteiger partial charge in [-0.2, -0.15) is 0 Å². The van der Waals surface area contributed by atoms with Crippen molar-refractivity contribution in [1.82, 2.24) is 15.1 Å². The SMILES string of the molecule is CCCC(CCC)S(=O)(=O)C[C@@H](NC(=O)OCC(=O)N(CC)CC)C(=O)N(Cc1cccc(CC)c1)C[C@@H](O)[C@@H](N)Cc1cc(F)cc(F)c1. The van der Waals surface area contributed by atoms with Gasteiger partial charge in [0.2, 0.25) is 5.91 Å². The molecule has 2 aromatic carbocycles. The number of nitrogens with zero attached hydrogens (tertiary/aromatic N) is 2. The number of alkyl carbamates (subject to hydrolysis) is 1. The Bertz CT molecular complexity index is 1480. The van der Waals surface area contributed by atoms with E-state index in [-0.39, 0.29) is 18.5 Å². The third kappa shape index (κ3) is 13.6. The lowest BCUT2D eigenvalue weighted by molar-refractivity contribution is -0.135. The van der Waals surface area contributed by atoms with Gasteiger partial charge in [0.1, 0.15) is 17.7 Å². The van der Waals surface area contributed by atoms with Gasteiger partial charge in [0, 0.05) is 38.3 Å². The molecule has 3 atom stereocenters. The van der Waals surface area contributed by atoms with E-state index in [4.69, 9.17) is 10.5 Å². The largest absolute Gasteiger partial charge is 0.439 e. The number of rotatable bonds is 21. The quantitative estimate of drug-likeness (QED) is 0.173. The highest BCUT2D eigenvalue weighted by Crippen LogP contribution is 2.19. The monoisotopic (exact) mass is 724 g/mol. The molecule has 50 heavy (non-hydrogen) atoms. The Morgan fingerprint density at radius 2 is 1.50 bits per heavy atom. The first-order valence-corrected chi connectivity index (χ1v) is 19.1. The Morgan fingerprint density at radius 1 is 0.900 bits per heavy atom. The summed E-state index contributed by atoms with van der Waals surface area (Å²) in [7, 11) is -3.95. The maximum atomic E-state index is 14.4. The lowest BCUT2D eigenvalue weighted by Gasteiger charge is -2.32. The Morgan fingerprint density at radius 3 is 2.06 bits per heavy atom. The average molecular weight is 725 g/mol. The molecular formula is C36H54F2N4O7S. The lowest BCUT2D eigenvalue weighted by atomic mass is 10.0. The number of nitrogens with one attached hydrogen (secondary N) is 1. The second-order valence-electron chi connectivity index (χ2n) is 12.5. The van der Waals surface area contributed by atoms with Crippen LogP contribution in [0.2, 0.25) is 0 Å². The van der Waals surface area contributed by atoms with E-state index in [1.165, 1.54) is 9.80 Å². The summed E-state index contributed by atoms with van der Waals surface area (Å²) >= 11 is 0. The normalized spacial score (nSPS) is 13.4. The number of ether oxygens (including phenoxy) is 1. The second kappa shape index (κ2) is 20.9. The molecule has 3 amide bonds. The fourth-order valence-electron chi connectivity index (χ4n) is 5.79. The van der Waals surface area contributed by atoms with Crippen LogP contribution in [0.3, 0.4) is 0 Å². The molecule has 0 unspecified atom stereocenters. The van der Waals surface area contributed by atoms with Gasteiger partial charge >= 0.3 is 6.09 Å². The van der Waals surface area contributed by atoms with Crippen molar-refractivity contribution in [2.45, 2.75) is 103 Å². The molecule has 0 aliphatic carbocycles. The number of halogens is 2. The van der Waals surface area contributed by atoms with E-state index in [0.29, 0.717) is 56.8 Å². The van der Waals surface area contributed by atoms with E-state index in [1.54, 1.807) is 19.9 Å². The van der Waals surface area contributed by atoms with Crippen molar-refractivity contribution in [2.24, 2.45) is 5.73 Å². The Balaban J connectivity index is 2.48. The summed E-state index contributed by atoms with van der Waals surface area (Å²) in [5.74, 6) is -3.64. The van der Waals surface area contributed by atoms with E-state index >= 15 is 0 Å². The molecule has 0 saturated carbocycles. The van der Waals surface area contributed by atoms with Gasteiger partial charge in [-0.15, -0.1) is 0 Å². The topological polar surface area (TPSA) is 159 Å². The van der Waals surface area contributed by atoms with Crippen LogP contribution in [0, 0.1) is 11.6 Å². The molecule has 0 aromatic heterocycles. The van der Waals surface area contributed by atoms with Gasteiger partial charge in [-0.1, -0.05) is 57.9 Å². The molecule has 0 radical (unpaired) electrons. The van der Waals surface area contributed by atoms with Crippen molar-refractivity contribution in [3.8, 4) is 0 Å². The maximum Gasteiger partial charge on any atom is 0.408 e. The predicted octanol–water partition coefficient (Wildman–Crippen LogP) is 4.13. The number of aliphatic hydroxyl groups is 1. The number of benzene rings is 2. The zero-order valence-electron chi connectivity index (χ0n) is 29.9. The van der Waals surface area contributed by atoms with Gasteiger partial charge < -0.3 is 30.7 Å². The molecule has 0 heterocycles. The molecule has 0 fully saturated rings. The predicted molar refractivity (Wildman–Crippen MR) is 189 cm³/mol. The fraction of sp³-hybridized carbons (Fsp3) is 0.583. The van der Waals surface area contributed by atoms with Gasteiger partial charge in [-0.25, -0.2) is 22.0 Å². The minimum Gasteiger partial charge on any atom is -0.439 e. The van der Waals surface area contributed by atoms with E-state index in [0.717, 1.165) is 17.7 Å². The molecule has 11 nitrogen and oxygen atoms in total. The number of likely N-dealkylation sites (N-methyl/N-ethyl adjacent to an activating group) is 1. The van der Waals surface area contributed by atoms with Crippen molar-refractivity contribution in [1.29, 1.82) is 0 Å². The van der Waals surface area contributed by atoms with Crippen LogP contribution in [0.5, 0.6) is 0 Å². The van der Waals surface area contributed by atoms with Gasteiger partial charge in [0.15, 0.2) is 16.4 Å². The van der Waals surface area contributed by atoms with Crippen molar-refractivity contribution in [2.75, 3.05) is 32.0 Å². The standard InChI is InChI=1S/C36H54F2N4O7S/c1-6-12-30(13-7-2)50(47,48)24-32(40-36(46)49-23-34(44)41(9-4)10-5)35(45)42(21-26-15-11-14-25(8-3)16-26)22-33(43)31(39)19-27-17-28(37)20-29(38)18-27/h11,14-18,20,30-33,43H,6-10,12-13,19,21-24,39H2,1-5H3,(H,40,46)/t31-,32+,33+/m0/s1. The van der Waals surface area contributed by atoms with E-state index in [9.17, 15) is 36.7 Å². The Labute approximate surface area is 295 Å². The molecule has 4 N–H and O–H groups in total. The van der Waals surface area contributed by atoms with Crippen LogP contribution in [0.4, 0.5) is 13.6 Å². The summed E-state index contributed by atoms with van der Waals surface area (Å²) in [6.45, 7) is 8.92. The van der Waals surface area contributed by atoms with Crippen molar-refractivity contribution < 1.29 is 41.4 Å². The van der Waals surface area contributed by atoms with Crippen molar-refractivity contribution in [3.05, 3.63) is 70.8 Å². The lowest BCUT2D eigenvalue weighted by Crippen LogP contribution is -2.55. The first-order valence-electron chi connectivity index (χ1n) is 17.3. The minimum atomic E-state index is -3.95. The van der Waals surface area contributed by atoms with Gasteiger partial charge in [0.25, 0.3) is 5.91 Å². The second-order valence-corrected chi connectivity index (χ2v) is 14.8. The van der Waals surface area contributed by atoms with Crippen LogP contribution in [-0.2, 0) is 43.5 Å². The van der Waals surface area contributed by atoms with Crippen LogP contribution in [0.15, 0.2) is 42.5 Å². The third-order valence-electron chi connectivity index (χ3n) is 8.54. The fourth-order valence-corrected chi connectivity index (χ4v) is 7.94. The summed E-state index contributed by atoms with van der Waals surface area (Å²) in [6.07, 6.45) is -0.0835. The molecule has 0 saturated heterocycles. The number of amides is 3. The number of carbonyl (C=O) groups is 3. The van der Waals surface area contributed by atoms with Crippen LogP contribution in [0.1, 0.15) is 77.0 Å². The van der Waals surface area contributed by atoms with Crippen LogP contribution < -0.4 is 11.1 Å². The van der Waals surface area contributed by atoms with Crippen LogP contribution in [0.25, 0.3) is 0 Å². The number of hydrogen-bond donors (Lipinski definition) is 3. The van der Waals surface area contributed by atoms with Crippen LogP contribution >= 0.6 is 0 Å². The molecule has 280 valence electrons. The van der Waals surface area contributed by atoms with E-state index in [2.05, 4.69) is 5.32 Å². The highest BCUT2D eigenvalue weighted by Gasteiger charge is 2.36. The number of nitrogens with two attached hydrogens (primary N) is 1. The Hall–Kier alpha value is -3.62. The van der Waals surface area contributed by atoms with Crippen molar-refractivity contribution >= 4 is 27.7 Å². The summed E-state index contributed by atoms with van der Waals surface area (Å²) in [6, 6.07) is 7.56. The van der Waals surface area contributed by atoms with Crippen molar-refractivity contribution in [3.63, 3.8) is 0 Å². The zero-order valence-corrected chi connectivity index (χ0v) is 30.7. The smallest absolute Gasteiger partial charge is 0.408 e. The Kier molecular flexibility index (Phi) is 17.8. The first kappa shape index (κ1) is 42.5. The molecule has 0 aliphatic rings.